The van der Waals surface area contributed by atoms with E-state index in [9.17, 15) is 4.79 Å². The monoisotopic (exact) mass is 470 g/mol. The van der Waals surface area contributed by atoms with Crippen molar-refractivity contribution in [3.8, 4) is 0 Å². The minimum absolute atomic E-state index is 0.138. The van der Waals surface area contributed by atoms with Crippen LogP contribution in [0.4, 0.5) is 5.69 Å². The van der Waals surface area contributed by atoms with Gasteiger partial charge >= 0.3 is 0 Å². The second kappa shape index (κ2) is 8.82. The third kappa shape index (κ3) is 4.42. The number of carbonyl (C=O) groups is 1. The van der Waals surface area contributed by atoms with Crippen LogP contribution < -0.4 is 10.4 Å². The van der Waals surface area contributed by atoms with Crippen LogP contribution in [0.1, 0.15) is 37.1 Å². The van der Waals surface area contributed by atoms with E-state index in [2.05, 4.69) is 5.43 Å². The van der Waals surface area contributed by atoms with E-state index in [0.717, 1.165) is 30.8 Å². The first kappa shape index (κ1) is 20.9. The standard InChI is InChI=1S/C20H21Cl3N4OS/c1-12-18(20(28)25-26-9-3-2-4-10-26)24-27(15-6-5-13(21)11-14(15)22)19(12)16-7-8-17(23)29-16/h5-8,11-12,19H,2-4,9-10H2,1H3,(H,25,28)/t12-,19-/m0/s1. The molecule has 0 bridgehead atoms. The molecule has 1 aromatic carbocycles. The molecule has 9 heteroatoms. The van der Waals surface area contributed by atoms with E-state index in [0.29, 0.717) is 25.8 Å². The van der Waals surface area contributed by atoms with Gasteiger partial charge in [0.25, 0.3) is 5.91 Å². The molecule has 4 rings (SSSR count). The number of carbonyl (C=O) groups excluding carboxylic acids is 1. The summed E-state index contributed by atoms with van der Waals surface area (Å²) < 4.78 is 0.695. The Labute approximate surface area is 189 Å². The average Bonchev–Trinajstić information content (AvgIpc) is 3.25. The van der Waals surface area contributed by atoms with Crippen molar-refractivity contribution in [2.24, 2.45) is 11.0 Å². The molecule has 2 atom stereocenters. The molecular formula is C20H21Cl3N4OS. The highest BCUT2D eigenvalue weighted by Gasteiger charge is 2.41. The van der Waals surface area contributed by atoms with Crippen LogP contribution in [0.5, 0.6) is 0 Å². The van der Waals surface area contributed by atoms with Crippen LogP contribution in [0.25, 0.3) is 0 Å². The molecule has 0 radical (unpaired) electrons. The third-order valence-corrected chi connectivity index (χ3v) is 7.11. The maximum Gasteiger partial charge on any atom is 0.282 e. The highest BCUT2D eigenvalue weighted by Crippen LogP contribution is 2.44. The summed E-state index contributed by atoms with van der Waals surface area (Å²) in [7, 11) is 0. The number of hydrogen-bond acceptors (Lipinski definition) is 5. The molecule has 2 aliphatic rings. The molecule has 3 heterocycles. The Morgan fingerprint density at radius 3 is 2.55 bits per heavy atom. The number of nitrogens with one attached hydrogen (secondary N) is 1. The second-order valence-electron chi connectivity index (χ2n) is 7.29. The molecule has 1 fully saturated rings. The van der Waals surface area contributed by atoms with Gasteiger partial charge in [-0.2, -0.15) is 5.10 Å². The van der Waals surface area contributed by atoms with Gasteiger partial charge in [0.2, 0.25) is 0 Å². The molecule has 1 aromatic heterocycles. The lowest BCUT2D eigenvalue weighted by atomic mass is 9.95. The van der Waals surface area contributed by atoms with E-state index >= 15 is 0 Å². The molecule has 0 spiro atoms. The van der Waals surface area contributed by atoms with Crippen molar-refractivity contribution in [3.63, 3.8) is 0 Å². The molecule has 29 heavy (non-hydrogen) atoms. The van der Waals surface area contributed by atoms with Crippen molar-refractivity contribution in [2.45, 2.75) is 32.2 Å². The molecule has 2 aromatic rings. The fourth-order valence-electron chi connectivity index (χ4n) is 3.81. The first-order valence-electron chi connectivity index (χ1n) is 9.58. The maximum absolute atomic E-state index is 13.0. The molecule has 2 aliphatic heterocycles. The van der Waals surface area contributed by atoms with E-state index in [-0.39, 0.29) is 17.9 Å². The lowest BCUT2D eigenvalue weighted by Gasteiger charge is -2.27. The third-order valence-electron chi connectivity index (χ3n) is 5.27. The summed E-state index contributed by atoms with van der Waals surface area (Å²) in [5.74, 6) is -0.305. The van der Waals surface area contributed by atoms with Crippen LogP contribution in [-0.2, 0) is 4.79 Å². The molecule has 154 valence electrons. The summed E-state index contributed by atoms with van der Waals surface area (Å²) in [5, 5.41) is 9.54. The minimum Gasteiger partial charge on any atom is -0.284 e. The summed E-state index contributed by atoms with van der Waals surface area (Å²) >= 11 is 20.2. The van der Waals surface area contributed by atoms with Gasteiger partial charge in [-0.05, 0) is 43.2 Å². The zero-order valence-electron chi connectivity index (χ0n) is 15.9. The normalized spacial score (nSPS) is 22.6. The zero-order chi connectivity index (χ0) is 20.5. The average molecular weight is 472 g/mol. The Bertz CT molecular complexity index is 942. The maximum atomic E-state index is 13.0. The summed E-state index contributed by atoms with van der Waals surface area (Å²) in [6, 6.07) is 8.95. The predicted octanol–water partition coefficient (Wildman–Crippen LogP) is 5.78. The largest absolute Gasteiger partial charge is 0.284 e. The lowest BCUT2D eigenvalue weighted by Crippen LogP contribution is -2.48. The van der Waals surface area contributed by atoms with Crippen molar-refractivity contribution in [1.29, 1.82) is 0 Å². The van der Waals surface area contributed by atoms with Crippen LogP contribution in [0.3, 0.4) is 0 Å². The smallest absolute Gasteiger partial charge is 0.282 e. The first-order chi connectivity index (χ1) is 13.9. The number of amides is 1. The number of thiophene rings is 1. The first-order valence-corrected chi connectivity index (χ1v) is 11.5. The van der Waals surface area contributed by atoms with E-state index in [1.807, 2.05) is 35.1 Å². The fourth-order valence-corrected chi connectivity index (χ4v) is 5.56. The number of nitrogens with zero attached hydrogens (tertiary/aromatic N) is 3. The van der Waals surface area contributed by atoms with Crippen LogP contribution in [-0.4, -0.2) is 29.7 Å². The Morgan fingerprint density at radius 1 is 1.14 bits per heavy atom. The summed E-state index contributed by atoms with van der Waals surface area (Å²) in [6.45, 7) is 3.74. The number of hydrazone groups is 1. The Hall–Kier alpha value is -1.31. The topological polar surface area (TPSA) is 47.9 Å². The van der Waals surface area contributed by atoms with Gasteiger partial charge in [0.1, 0.15) is 5.71 Å². The molecule has 1 saturated heterocycles. The van der Waals surface area contributed by atoms with E-state index < -0.39 is 0 Å². The number of rotatable bonds is 4. The molecule has 0 saturated carbocycles. The summed E-state index contributed by atoms with van der Waals surface area (Å²) in [5.41, 5.74) is 4.21. The van der Waals surface area contributed by atoms with E-state index in [1.165, 1.54) is 17.8 Å². The van der Waals surface area contributed by atoms with Gasteiger partial charge in [-0.3, -0.25) is 15.2 Å². The van der Waals surface area contributed by atoms with Crippen molar-refractivity contribution in [3.05, 3.63) is 49.6 Å². The number of benzene rings is 1. The van der Waals surface area contributed by atoms with Gasteiger partial charge in [0.15, 0.2) is 0 Å². The molecule has 1 N–H and O–H groups in total. The predicted molar refractivity (Wildman–Crippen MR) is 121 cm³/mol. The molecule has 0 unspecified atom stereocenters. The second-order valence-corrected chi connectivity index (χ2v) is 9.88. The molecular weight excluding hydrogens is 451 g/mol. The van der Waals surface area contributed by atoms with Crippen LogP contribution in [0, 0.1) is 5.92 Å². The SMILES string of the molecule is C[C@H]1C(C(=O)NN2CCCCC2)=NN(c2ccc(Cl)cc2Cl)[C@@H]1c1ccc(Cl)s1. The Balaban J connectivity index is 1.67. The van der Waals surface area contributed by atoms with Crippen molar-refractivity contribution < 1.29 is 4.79 Å². The quantitative estimate of drug-likeness (QED) is 0.615. The van der Waals surface area contributed by atoms with Gasteiger partial charge in [-0.25, -0.2) is 5.01 Å². The number of hydrazine groups is 1. The lowest BCUT2D eigenvalue weighted by molar-refractivity contribution is -0.120. The summed E-state index contributed by atoms with van der Waals surface area (Å²) in [6.07, 6.45) is 3.38. The van der Waals surface area contributed by atoms with Gasteiger partial charge in [-0.1, -0.05) is 48.1 Å². The van der Waals surface area contributed by atoms with Crippen LogP contribution in [0.15, 0.2) is 35.4 Å². The van der Waals surface area contributed by atoms with Crippen LogP contribution >= 0.6 is 46.1 Å². The fraction of sp³-hybridized carbons (Fsp3) is 0.400. The highest BCUT2D eigenvalue weighted by atomic mass is 35.5. The van der Waals surface area contributed by atoms with Crippen molar-refractivity contribution in [2.75, 3.05) is 18.1 Å². The minimum atomic E-state index is -0.173. The van der Waals surface area contributed by atoms with Crippen LogP contribution in [0.2, 0.25) is 14.4 Å². The molecule has 0 aliphatic carbocycles. The highest BCUT2D eigenvalue weighted by molar-refractivity contribution is 7.16. The Morgan fingerprint density at radius 2 is 1.90 bits per heavy atom. The van der Waals surface area contributed by atoms with Gasteiger partial charge < -0.3 is 0 Å². The van der Waals surface area contributed by atoms with Gasteiger partial charge in [-0.15, -0.1) is 11.3 Å². The van der Waals surface area contributed by atoms with E-state index in [4.69, 9.17) is 39.9 Å². The number of anilines is 1. The van der Waals surface area contributed by atoms with Crippen molar-refractivity contribution >= 4 is 63.4 Å². The molecule has 1 amide bonds. The zero-order valence-corrected chi connectivity index (χ0v) is 19.0. The number of piperidine rings is 1. The number of halogens is 3. The van der Waals surface area contributed by atoms with Gasteiger partial charge in [0.05, 0.1) is 21.1 Å². The molecule has 5 nitrogen and oxygen atoms in total. The van der Waals surface area contributed by atoms with Crippen molar-refractivity contribution in [1.82, 2.24) is 10.4 Å². The van der Waals surface area contributed by atoms with E-state index in [1.54, 1.807) is 12.1 Å². The Kier molecular flexibility index (Phi) is 6.37. The summed E-state index contributed by atoms with van der Waals surface area (Å²) in [4.78, 5) is 14.1. The van der Waals surface area contributed by atoms with Gasteiger partial charge in [0, 0.05) is 28.9 Å². The number of hydrogen-bond donors (Lipinski definition) is 1.